The maximum absolute atomic E-state index is 5.92. The first-order valence-electron chi connectivity index (χ1n) is 9.48. The smallest absolute Gasteiger partial charge is 0.219 e. The number of piperidine rings is 1. The van der Waals surface area contributed by atoms with Crippen molar-refractivity contribution in [2.45, 2.75) is 43.8 Å². The van der Waals surface area contributed by atoms with Crippen LogP contribution in [-0.4, -0.2) is 52.6 Å². The monoisotopic (exact) mass is 375 g/mol. The first-order valence-corrected chi connectivity index (χ1v) is 10.7. The quantitative estimate of drug-likeness (QED) is 0.487. The van der Waals surface area contributed by atoms with Crippen LogP contribution in [0.5, 0.6) is 5.75 Å². The molecular formula is C19H29N5OS. The highest BCUT2D eigenvalue weighted by atomic mass is 32.2. The maximum Gasteiger partial charge on any atom is 0.219 e. The van der Waals surface area contributed by atoms with Crippen LogP contribution in [0.1, 0.15) is 37.7 Å². The number of benzene rings is 1. The van der Waals surface area contributed by atoms with Crippen LogP contribution in [0, 0.1) is 0 Å². The van der Waals surface area contributed by atoms with E-state index in [1.54, 1.807) is 0 Å². The van der Waals surface area contributed by atoms with E-state index in [2.05, 4.69) is 49.7 Å². The Kier molecular flexibility index (Phi) is 7.64. The molecule has 3 rings (SSSR count). The first-order chi connectivity index (χ1) is 12.8. The third-order valence-electron chi connectivity index (χ3n) is 4.53. The Labute approximate surface area is 160 Å². The van der Waals surface area contributed by atoms with Crippen molar-refractivity contribution in [1.82, 2.24) is 20.1 Å². The van der Waals surface area contributed by atoms with Crippen LogP contribution >= 0.6 is 11.8 Å². The summed E-state index contributed by atoms with van der Waals surface area (Å²) in [5.74, 6) is 1.72. The first kappa shape index (κ1) is 19.0. The van der Waals surface area contributed by atoms with E-state index in [-0.39, 0.29) is 0 Å². The molecule has 1 aromatic carbocycles. The van der Waals surface area contributed by atoms with Crippen LogP contribution in [0.4, 0.5) is 5.95 Å². The minimum absolute atomic E-state index is 0.737. The van der Waals surface area contributed by atoms with Crippen molar-refractivity contribution < 1.29 is 4.74 Å². The number of rotatable bonds is 10. The molecule has 0 amide bonds. The average molecular weight is 376 g/mol. The molecule has 1 aromatic heterocycles. The highest BCUT2D eigenvalue weighted by Gasteiger charge is 2.10. The molecule has 1 aliphatic rings. The van der Waals surface area contributed by atoms with Crippen molar-refractivity contribution in [3.05, 3.63) is 29.8 Å². The molecule has 7 heteroatoms. The van der Waals surface area contributed by atoms with E-state index in [9.17, 15) is 0 Å². The van der Waals surface area contributed by atoms with Crippen LogP contribution in [0.25, 0.3) is 0 Å². The number of aromatic nitrogens is 3. The zero-order chi connectivity index (χ0) is 18.0. The van der Waals surface area contributed by atoms with Gasteiger partial charge in [0.1, 0.15) is 5.75 Å². The average Bonchev–Trinajstić information content (AvgIpc) is 3.14. The number of nitrogens with zero attached hydrogens (tertiary/aromatic N) is 3. The maximum atomic E-state index is 5.92. The third-order valence-corrected chi connectivity index (χ3v) is 5.08. The minimum Gasteiger partial charge on any atom is -0.494 e. The summed E-state index contributed by atoms with van der Waals surface area (Å²) in [6.45, 7) is 5.09. The van der Waals surface area contributed by atoms with Crippen LogP contribution < -0.4 is 10.1 Å². The Morgan fingerprint density at radius 3 is 2.92 bits per heavy atom. The molecule has 0 saturated carbocycles. The van der Waals surface area contributed by atoms with E-state index in [0.29, 0.717) is 0 Å². The van der Waals surface area contributed by atoms with Gasteiger partial charge in [-0.2, -0.15) is 4.98 Å². The normalized spacial score (nSPS) is 15.1. The van der Waals surface area contributed by atoms with E-state index >= 15 is 0 Å². The molecule has 2 aromatic rings. The predicted molar refractivity (Wildman–Crippen MR) is 107 cm³/mol. The topological polar surface area (TPSA) is 66.1 Å². The number of unbranched alkanes of at least 4 members (excludes halogenated alkanes) is 1. The van der Waals surface area contributed by atoms with E-state index in [1.165, 1.54) is 49.7 Å². The standard InChI is InChI=1S/C19H29N5OS/c1-26-19-21-18(22-23-19)20-10-3-6-13-25-17-9-7-8-16(14-17)15-24-11-4-2-5-12-24/h7-9,14H,2-6,10-13,15H2,1H3,(H2,20,21,22,23). The van der Waals surface area contributed by atoms with Gasteiger partial charge in [0.15, 0.2) is 0 Å². The second-order valence-electron chi connectivity index (χ2n) is 6.64. The Bertz CT molecular complexity index is 657. The lowest BCUT2D eigenvalue weighted by molar-refractivity contribution is 0.220. The van der Waals surface area contributed by atoms with Gasteiger partial charge in [-0.3, -0.25) is 4.90 Å². The molecule has 6 nitrogen and oxygen atoms in total. The molecule has 1 aliphatic heterocycles. The summed E-state index contributed by atoms with van der Waals surface area (Å²) in [5, 5.41) is 11.0. The van der Waals surface area contributed by atoms with Crippen molar-refractivity contribution in [3.63, 3.8) is 0 Å². The highest BCUT2D eigenvalue weighted by molar-refractivity contribution is 7.98. The molecule has 2 heterocycles. The molecular weight excluding hydrogens is 346 g/mol. The van der Waals surface area contributed by atoms with Crippen molar-refractivity contribution in [1.29, 1.82) is 0 Å². The van der Waals surface area contributed by atoms with Gasteiger partial charge in [0.25, 0.3) is 0 Å². The largest absolute Gasteiger partial charge is 0.494 e. The Hall–Kier alpha value is -1.73. The van der Waals surface area contributed by atoms with Crippen molar-refractivity contribution in [2.24, 2.45) is 0 Å². The lowest BCUT2D eigenvalue weighted by Crippen LogP contribution is -2.29. The summed E-state index contributed by atoms with van der Waals surface area (Å²) < 4.78 is 5.92. The lowest BCUT2D eigenvalue weighted by atomic mass is 10.1. The van der Waals surface area contributed by atoms with E-state index in [4.69, 9.17) is 4.74 Å². The summed E-state index contributed by atoms with van der Waals surface area (Å²) in [5.41, 5.74) is 1.35. The Morgan fingerprint density at radius 2 is 2.12 bits per heavy atom. The van der Waals surface area contributed by atoms with Gasteiger partial charge in [-0.25, -0.2) is 5.10 Å². The summed E-state index contributed by atoms with van der Waals surface area (Å²) in [4.78, 5) is 6.84. The third kappa shape index (κ3) is 6.21. The van der Waals surface area contributed by atoms with E-state index in [0.717, 1.165) is 49.4 Å². The van der Waals surface area contributed by atoms with Gasteiger partial charge in [-0.1, -0.05) is 30.3 Å². The van der Waals surface area contributed by atoms with Gasteiger partial charge in [-0.05, 0) is 62.7 Å². The van der Waals surface area contributed by atoms with E-state index in [1.807, 2.05) is 6.26 Å². The van der Waals surface area contributed by atoms with Crippen molar-refractivity contribution in [3.8, 4) is 5.75 Å². The molecule has 1 fully saturated rings. The molecule has 0 aliphatic carbocycles. The number of hydrogen-bond acceptors (Lipinski definition) is 6. The zero-order valence-electron chi connectivity index (χ0n) is 15.5. The number of nitrogens with one attached hydrogen (secondary N) is 2. The number of hydrogen-bond donors (Lipinski definition) is 2. The van der Waals surface area contributed by atoms with Crippen molar-refractivity contribution in [2.75, 3.05) is 37.8 Å². The fourth-order valence-electron chi connectivity index (χ4n) is 3.15. The Morgan fingerprint density at radius 1 is 1.23 bits per heavy atom. The summed E-state index contributed by atoms with van der Waals surface area (Å²) >= 11 is 1.53. The Balaban J connectivity index is 1.32. The predicted octanol–water partition coefficient (Wildman–Crippen LogP) is 3.78. The molecule has 0 unspecified atom stereocenters. The molecule has 0 bridgehead atoms. The zero-order valence-corrected chi connectivity index (χ0v) is 16.4. The minimum atomic E-state index is 0.737. The SMILES string of the molecule is CSc1n[nH]c(NCCCCOc2cccc(CN3CCCCC3)c2)n1. The molecule has 142 valence electrons. The van der Waals surface area contributed by atoms with Gasteiger partial charge < -0.3 is 10.1 Å². The second-order valence-corrected chi connectivity index (χ2v) is 7.41. The van der Waals surface area contributed by atoms with Gasteiger partial charge >= 0.3 is 0 Å². The fourth-order valence-corrected chi connectivity index (χ4v) is 3.47. The molecule has 1 saturated heterocycles. The summed E-state index contributed by atoms with van der Waals surface area (Å²) in [6, 6.07) is 8.54. The highest BCUT2D eigenvalue weighted by Crippen LogP contribution is 2.18. The van der Waals surface area contributed by atoms with Crippen LogP contribution in [0.2, 0.25) is 0 Å². The number of likely N-dealkylation sites (tertiary alicyclic amines) is 1. The summed E-state index contributed by atoms with van der Waals surface area (Å²) in [6.07, 6.45) is 8.04. The number of ether oxygens (including phenoxy) is 1. The lowest BCUT2D eigenvalue weighted by Gasteiger charge is -2.26. The van der Waals surface area contributed by atoms with Gasteiger partial charge in [-0.15, -0.1) is 5.10 Å². The fraction of sp³-hybridized carbons (Fsp3) is 0.579. The number of anilines is 1. The van der Waals surface area contributed by atoms with Crippen LogP contribution in [0.3, 0.4) is 0 Å². The molecule has 0 radical (unpaired) electrons. The number of H-pyrrole nitrogens is 1. The second kappa shape index (κ2) is 10.4. The van der Waals surface area contributed by atoms with Crippen LogP contribution in [-0.2, 0) is 6.54 Å². The van der Waals surface area contributed by atoms with E-state index < -0.39 is 0 Å². The molecule has 26 heavy (non-hydrogen) atoms. The van der Waals surface area contributed by atoms with Gasteiger partial charge in [0, 0.05) is 13.1 Å². The molecule has 2 N–H and O–H groups in total. The van der Waals surface area contributed by atoms with Crippen LogP contribution in [0.15, 0.2) is 29.4 Å². The summed E-state index contributed by atoms with van der Waals surface area (Å²) in [7, 11) is 0. The number of thioether (sulfide) groups is 1. The van der Waals surface area contributed by atoms with Gasteiger partial charge in [0.2, 0.25) is 11.1 Å². The number of aromatic amines is 1. The van der Waals surface area contributed by atoms with Crippen molar-refractivity contribution >= 4 is 17.7 Å². The van der Waals surface area contributed by atoms with Gasteiger partial charge in [0.05, 0.1) is 6.61 Å². The molecule has 0 atom stereocenters. The molecule has 0 spiro atoms.